The van der Waals surface area contributed by atoms with Gasteiger partial charge in [-0.25, -0.2) is 0 Å². The second-order valence-electron chi connectivity index (χ2n) is 13.8. The van der Waals surface area contributed by atoms with Gasteiger partial charge >= 0.3 is 6.18 Å². The van der Waals surface area contributed by atoms with E-state index in [2.05, 4.69) is 37.0 Å². The van der Waals surface area contributed by atoms with E-state index in [0.717, 1.165) is 49.2 Å². The van der Waals surface area contributed by atoms with Gasteiger partial charge in [-0.2, -0.15) is 13.2 Å². The van der Waals surface area contributed by atoms with Gasteiger partial charge in [-0.1, -0.05) is 67.1 Å². The lowest BCUT2D eigenvalue weighted by atomic mass is 9.64. The highest BCUT2D eigenvalue weighted by Gasteiger charge is 2.57. The van der Waals surface area contributed by atoms with Gasteiger partial charge in [-0.15, -0.1) is 0 Å². The average Bonchev–Trinajstić information content (AvgIpc) is 3.52. The molecule has 0 saturated heterocycles. The Balaban J connectivity index is 1.42. The van der Waals surface area contributed by atoms with Gasteiger partial charge in [-0.05, 0) is 98.2 Å². The minimum Gasteiger partial charge on any atom is -0.393 e. The molecule has 4 nitrogen and oxygen atoms in total. The van der Waals surface area contributed by atoms with Crippen molar-refractivity contribution in [2.75, 3.05) is 6.54 Å². The standard InChI is InChI=1S/C38H42F3NO3/c1-25-7-6-17-36(2)34(16-18-37(36,45)24-42-22-28-8-3-4-9-29(28)23-42)32-15-13-26(19-31(43)14-12-25)20-33(32)35(44)27-10-5-11-30(21-27)38(39,40)41/h3-5,7-11,13,15,20-21,31,34,43,45H,6,12,14,16-19,22-24H2,1-2H3. The molecule has 2 N–H and O–H groups in total. The third-order valence-corrected chi connectivity index (χ3v) is 10.8. The van der Waals surface area contributed by atoms with E-state index < -0.39 is 34.6 Å². The van der Waals surface area contributed by atoms with Gasteiger partial charge in [-0.3, -0.25) is 9.69 Å². The second-order valence-corrected chi connectivity index (χ2v) is 13.8. The van der Waals surface area contributed by atoms with Crippen molar-refractivity contribution in [3.8, 4) is 0 Å². The van der Waals surface area contributed by atoms with Crippen LogP contribution in [0.25, 0.3) is 0 Å². The first-order valence-corrected chi connectivity index (χ1v) is 16.1. The number of alkyl halides is 3. The smallest absolute Gasteiger partial charge is 0.393 e. The summed E-state index contributed by atoms with van der Waals surface area (Å²) in [6.07, 6.45) is 1.33. The van der Waals surface area contributed by atoms with Crippen LogP contribution in [0.15, 0.2) is 78.4 Å². The highest BCUT2D eigenvalue weighted by molar-refractivity contribution is 6.10. The number of hydrogen-bond acceptors (Lipinski definition) is 4. The highest BCUT2D eigenvalue weighted by Crippen LogP contribution is 2.59. The summed E-state index contributed by atoms with van der Waals surface area (Å²) in [5, 5.41) is 23.4. The molecule has 4 unspecified atom stereocenters. The Morgan fingerprint density at radius 3 is 2.42 bits per heavy atom. The summed E-state index contributed by atoms with van der Waals surface area (Å²) >= 11 is 0. The van der Waals surface area contributed by atoms with Gasteiger partial charge in [0.1, 0.15) is 0 Å². The van der Waals surface area contributed by atoms with Gasteiger partial charge in [0.05, 0.1) is 17.3 Å². The van der Waals surface area contributed by atoms with Crippen LogP contribution < -0.4 is 0 Å². The van der Waals surface area contributed by atoms with Crippen molar-refractivity contribution in [2.45, 2.75) is 95.7 Å². The molecule has 0 spiro atoms. The molecule has 2 bridgehead atoms. The third-order valence-electron chi connectivity index (χ3n) is 10.8. The summed E-state index contributed by atoms with van der Waals surface area (Å²) in [6.45, 7) is 6.27. The van der Waals surface area contributed by atoms with Crippen LogP contribution in [0.5, 0.6) is 0 Å². The second kappa shape index (κ2) is 12.2. The van der Waals surface area contributed by atoms with E-state index in [-0.39, 0.29) is 11.5 Å². The van der Waals surface area contributed by atoms with Crippen molar-refractivity contribution >= 4 is 5.78 Å². The zero-order valence-corrected chi connectivity index (χ0v) is 26.0. The third kappa shape index (κ3) is 6.27. The number of benzene rings is 3. The van der Waals surface area contributed by atoms with Gasteiger partial charge in [0.25, 0.3) is 0 Å². The molecular formula is C38H42F3NO3. The van der Waals surface area contributed by atoms with Gasteiger partial charge in [0, 0.05) is 36.2 Å². The number of fused-ring (bicyclic) bond motifs is 9. The normalized spacial score (nSPS) is 27.5. The van der Waals surface area contributed by atoms with Crippen molar-refractivity contribution in [3.05, 3.63) is 117 Å². The molecule has 3 aromatic carbocycles. The molecule has 0 radical (unpaired) electrons. The molecule has 45 heavy (non-hydrogen) atoms. The van der Waals surface area contributed by atoms with E-state index in [9.17, 15) is 28.2 Å². The van der Waals surface area contributed by atoms with E-state index in [1.807, 2.05) is 24.3 Å². The number of β-amino-alcohol motifs (C(OH)–C–C–N with tert-alkyl or cyclic N) is 1. The Labute approximate surface area is 263 Å². The summed E-state index contributed by atoms with van der Waals surface area (Å²) in [7, 11) is 0. The number of aliphatic hydroxyl groups excluding tert-OH is 1. The van der Waals surface area contributed by atoms with Crippen molar-refractivity contribution in [1.82, 2.24) is 4.90 Å². The van der Waals surface area contributed by atoms with E-state index in [1.54, 1.807) is 6.07 Å². The molecule has 0 aromatic heterocycles. The molecule has 4 aliphatic rings. The molecule has 238 valence electrons. The van der Waals surface area contributed by atoms with Crippen LogP contribution in [-0.4, -0.2) is 39.1 Å². The maximum absolute atomic E-state index is 14.1. The quantitative estimate of drug-likeness (QED) is 0.230. The summed E-state index contributed by atoms with van der Waals surface area (Å²) < 4.78 is 40.9. The summed E-state index contributed by atoms with van der Waals surface area (Å²) in [6, 6.07) is 18.6. The largest absolute Gasteiger partial charge is 0.416 e. The molecule has 7 rings (SSSR count). The summed E-state index contributed by atoms with van der Waals surface area (Å²) in [5.41, 5.74) is 3.12. The topological polar surface area (TPSA) is 60.8 Å². The molecular weight excluding hydrogens is 575 g/mol. The van der Waals surface area contributed by atoms with Crippen molar-refractivity contribution in [3.63, 3.8) is 0 Å². The number of aliphatic hydroxyl groups is 2. The molecule has 3 aromatic rings. The minimum absolute atomic E-state index is 0.0201. The first-order valence-electron chi connectivity index (χ1n) is 16.1. The lowest BCUT2D eigenvalue weighted by Crippen LogP contribution is -2.51. The Hall–Kier alpha value is -3.26. The van der Waals surface area contributed by atoms with Crippen LogP contribution in [0, 0.1) is 5.41 Å². The van der Waals surface area contributed by atoms with Crippen molar-refractivity contribution in [1.29, 1.82) is 0 Å². The first kappa shape index (κ1) is 31.7. The Morgan fingerprint density at radius 1 is 0.978 bits per heavy atom. The van der Waals surface area contributed by atoms with Crippen LogP contribution in [0.4, 0.5) is 13.2 Å². The fourth-order valence-electron chi connectivity index (χ4n) is 8.07. The molecule has 4 atom stereocenters. The molecule has 3 aliphatic carbocycles. The zero-order valence-electron chi connectivity index (χ0n) is 26.0. The fraction of sp³-hybridized carbons (Fsp3) is 0.447. The average molecular weight is 618 g/mol. The van der Waals surface area contributed by atoms with E-state index >= 15 is 0 Å². The molecule has 1 fully saturated rings. The van der Waals surface area contributed by atoms with Crippen LogP contribution in [0.1, 0.15) is 102 Å². The van der Waals surface area contributed by atoms with Crippen LogP contribution in [0.3, 0.4) is 0 Å². The van der Waals surface area contributed by atoms with Gasteiger partial charge in [0.2, 0.25) is 0 Å². The molecule has 7 heteroatoms. The van der Waals surface area contributed by atoms with E-state index in [1.165, 1.54) is 28.8 Å². The Bertz CT molecular complexity index is 1590. The predicted octanol–water partition coefficient (Wildman–Crippen LogP) is 7.99. The number of hydrogen-bond donors (Lipinski definition) is 2. The number of rotatable bonds is 4. The Kier molecular flexibility index (Phi) is 8.57. The summed E-state index contributed by atoms with van der Waals surface area (Å²) in [4.78, 5) is 16.5. The lowest BCUT2D eigenvalue weighted by molar-refractivity contribution is -0.137. The maximum Gasteiger partial charge on any atom is 0.416 e. The number of carbonyl (C=O) groups excluding carboxylic acids is 1. The zero-order chi connectivity index (χ0) is 32.0. The monoisotopic (exact) mass is 617 g/mol. The van der Waals surface area contributed by atoms with Gasteiger partial charge < -0.3 is 10.2 Å². The molecule has 1 heterocycles. The molecule has 0 amide bonds. The molecule has 1 saturated carbocycles. The number of halogens is 3. The number of ketones is 1. The van der Waals surface area contributed by atoms with Gasteiger partial charge in [0.15, 0.2) is 5.78 Å². The summed E-state index contributed by atoms with van der Waals surface area (Å²) in [5.74, 6) is -0.657. The number of allylic oxidation sites excluding steroid dienone is 2. The minimum atomic E-state index is -4.57. The van der Waals surface area contributed by atoms with Crippen LogP contribution in [-0.2, 0) is 25.7 Å². The number of carbonyl (C=O) groups is 1. The van der Waals surface area contributed by atoms with Crippen LogP contribution in [0.2, 0.25) is 0 Å². The van der Waals surface area contributed by atoms with E-state index in [4.69, 9.17) is 0 Å². The Morgan fingerprint density at radius 2 is 1.71 bits per heavy atom. The first-order chi connectivity index (χ1) is 21.4. The molecule has 1 aliphatic heterocycles. The highest BCUT2D eigenvalue weighted by atomic mass is 19.4. The maximum atomic E-state index is 14.1. The van der Waals surface area contributed by atoms with Crippen molar-refractivity contribution < 1.29 is 28.2 Å². The van der Waals surface area contributed by atoms with E-state index in [0.29, 0.717) is 44.2 Å². The lowest BCUT2D eigenvalue weighted by Gasteiger charge is -2.45. The van der Waals surface area contributed by atoms with Crippen LogP contribution >= 0.6 is 0 Å². The fourth-order valence-corrected chi connectivity index (χ4v) is 8.07. The SMILES string of the molecule is CC1=CCCC2(C)C(CCC2(O)CN2Cc3ccccc3C2)c2ccc(cc2C(=O)c2cccc(C(F)(F)F)c2)CC(O)CC1. The van der Waals surface area contributed by atoms with Crippen molar-refractivity contribution in [2.24, 2.45) is 5.41 Å². The predicted molar refractivity (Wildman–Crippen MR) is 169 cm³/mol. The number of nitrogens with zero attached hydrogens (tertiary/aromatic N) is 1.